The zero-order chi connectivity index (χ0) is 13.8. The molecule has 98 valence electrons. The molecule has 0 unspecified atom stereocenters. The van der Waals surface area contributed by atoms with Gasteiger partial charge in [-0.2, -0.15) is 0 Å². The van der Waals surface area contributed by atoms with Crippen molar-refractivity contribution in [1.29, 1.82) is 0 Å². The molecule has 1 N–H and O–H groups in total. The standard InChI is InChI=1S/C14H14N2O2S/c1-3-10-6-4-5-7-11(10)13(18)16-14-15-12(8-19-14)9(2)17/h4-8H,3H2,1-2H3,(H,15,16,18). The van der Waals surface area contributed by atoms with Crippen molar-refractivity contribution in [3.8, 4) is 0 Å². The molecular weight excluding hydrogens is 260 g/mol. The molecule has 0 bridgehead atoms. The molecule has 4 nitrogen and oxygen atoms in total. The van der Waals surface area contributed by atoms with E-state index >= 15 is 0 Å². The van der Waals surface area contributed by atoms with E-state index in [4.69, 9.17) is 0 Å². The van der Waals surface area contributed by atoms with Gasteiger partial charge in [-0.05, 0) is 18.1 Å². The largest absolute Gasteiger partial charge is 0.298 e. The maximum Gasteiger partial charge on any atom is 0.257 e. The molecule has 2 rings (SSSR count). The van der Waals surface area contributed by atoms with Gasteiger partial charge in [-0.1, -0.05) is 25.1 Å². The number of ketones is 1. The first-order chi connectivity index (χ1) is 9.11. The molecule has 0 spiro atoms. The normalized spacial score (nSPS) is 10.2. The van der Waals surface area contributed by atoms with E-state index in [0.717, 1.165) is 12.0 Å². The highest BCUT2D eigenvalue weighted by molar-refractivity contribution is 7.14. The molecule has 0 atom stereocenters. The minimum absolute atomic E-state index is 0.106. The maximum absolute atomic E-state index is 12.1. The van der Waals surface area contributed by atoms with Crippen LogP contribution in [-0.4, -0.2) is 16.7 Å². The van der Waals surface area contributed by atoms with Crippen LogP contribution in [0.5, 0.6) is 0 Å². The lowest BCUT2D eigenvalue weighted by Gasteiger charge is -2.06. The molecule has 0 radical (unpaired) electrons. The molecule has 1 heterocycles. The van der Waals surface area contributed by atoms with Crippen LogP contribution in [0, 0.1) is 0 Å². The number of hydrogen-bond donors (Lipinski definition) is 1. The van der Waals surface area contributed by atoms with Gasteiger partial charge in [0.2, 0.25) is 0 Å². The topological polar surface area (TPSA) is 59.1 Å². The first-order valence-corrected chi connectivity index (χ1v) is 6.85. The van der Waals surface area contributed by atoms with Gasteiger partial charge in [-0.15, -0.1) is 11.3 Å². The quantitative estimate of drug-likeness (QED) is 0.871. The Bertz CT molecular complexity index is 619. The highest BCUT2D eigenvalue weighted by Crippen LogP contribution is 2.18. The number of amides is 1. The number of anilines is 1. The van der Waals surface area contributed by atoms with E-state index < -0.39 is 0 Å². The summed E-state index contributed by atoms with van der Waals surface area (Å²) >= 11 is 1.25. The Labute approximate surface area is 115 Å². The Morgan fingerprint density at radius 1 is 1.32 bits per heavy atom. The van der Waals surface area contributed by atoms with E-state index in [1.54, 1.807) is 11.4 Å². The molecule has 0 fully saturated rings. The average Bonchev–Trinajstić information content (AvgIpc) is 2.87. The van der Waals surface area contributed by atoms with Gasteiger partial charge in [0, 0.05) is 17.9 Å². The van der Waals surface area contributed by atoms with Crippen LogP contribution in [-0.2, 0) is 6.42 Å². The number of nitrogens with zero attached hydrogens (tertiary/aromatic N) is 1. The zero-order valence-electron chi connectivity index (χ0n) is 10.8. The van der Waals surface area contributed by atoms with Gasteiger partial charge in [-0.25, -0.2) is 4.98 Å². The molecule has 19 heavy (non-hydrogen) atoms. The summed E-state index contributed by atoms with van der Waals surface area (Å²) in [6.45, 7) is 3.45. The molecule has 0 saturated heterocycles. The number of rotatable bonds is 4. The van der Waals surface area contributed by atoms with Crippen molar-refractivity contribution in [3.05, 3.63) is 46.5 Å². The van der Waals surface area contributed by atoms with E-state index in [0.29, 0.717) is 16.4 Å². The van der Waals surface area contributed by atoms with Crippen LogP contribution in [0.15, 0.2) is 29.6 Å². The third-order valence-electron chi connectivity index (χ3n) is 2.73. The van der Waals surface area contributed by atoms with Crippen molar-refractivity contribution in [2.24, 2.45) is 0 Å². The lowest BCUT2D eigenvalue weighted by Crippen LogP contribution is -2.14. The monoisotopic (exact) mass is 274 g/mol. The lowest BCUT2D eigenvalue weighted by molar-refractivity contribution is 0.100. The second-order valence-electron chi connectivity index (χ2n) is 4.06. The van der Waals surface area contributed by atoms with Crippen LogP contribution in [0.2, 0.25) is 0 Å². The first kappa shape index (κ1) is 13.4. The van der Waals surface area contributed by atoms with Crippen molar-refractivity contribution >= 4 is 28.2 Å². The van der Waals surface area contributed by atoms with Crippen molar-refractivity contribution < 1.29 is 9.59 Å². The van der Waals surface area contributed by atoms with Crippen LogP contribution in [0.1, 0.15) is 40.3 Å². The van der Waals surface area contributed by atoms with Crippen LogP contribution in [0.4, 0.5) is 5.13 Å². The molecule has 0 aliphatic rings. The highest BCUT2D eigenvalue weighted by atomic mass is 32.1. The number of benzene rings is 1. The third kappa shape index (κ3) is 3.06. The third-order valence-corrected chi connectivity index (χ3v) is 3.49. The van der Waals surface area contributed by atoms with Gasteiger partial charge >= 0.3 is 0 Å². The second kappa shape index (κ2) is 5.75. The summed E-state index contributed by atoms with van der Waals surface area (Å²) in [5, 5.41) is 4.81. The fourth-order valence-electron chi connectivity index (χ4n) is 1.71. The van der Waals surface area contributed by atoms with Crippen LogP contribution >= 0.6 is 11.3 Å². The molecule has 5 heteroatoms. The zero-order valence-corrected chi connectivity index (χ0v) is 11.6. The minimum Gasteiger partial charge on any atom is -0.298 e. The van der Waals surface area contributed by atoms with Crippen molar-refractivity contribution in [2.75, 3.05) is 5.32 Å². The summed E-state index contributed by atoms with van der Waals surface area (Å²) in [6, 6.07) is 7.45. The summed E-state index contributed by atoms with van der Waals surface area (Å²) in [5.41, 5.74) is 2.01. The summed E-state index contributed by atoms with van der Waals surface area (Å²) < 4.78 is 0. The lowest BCUT2D eigenvalue weighted by atomic mass is 10.1. The number of nitrogens with one attached hydrogen (secondary N) is 1. The van der Waals surface area contributed by atoms with E-state index in [1.807, 2.05) is 25.1 Å². The molecule has 0 saturated carbocycles. The molecule has 0 aliphatic carbocycles. The van der Waals surface area contributed by atoms with Gasteiger partial charge in [0.25, 0.3) is 5.91 Å². The smallest absolute Gasteiger partial charge is 0.257 e. The van der Waals surface area contributed by atoms with E-state index in [9.17, 15) is 9.59 Å². The number of carbonyl (C=O) groups is 2. The molecule has 1 aromatic heterocycles. The van der Waals surface area contributed by atoms with E-state index in [-0.39, 0.29) is 11.7 Å². The van der Waals surface area contributed by atoms with Crippen LogP contribution in [0.3, 0.4) is 0 Å². The molecular formula is C14H14N2O2S. The van der Waals surface area contributed by atoms with E-state index in [1.165, 1.54) is 18.3 Å². The Hall–Kier alpha value is -2.01. The number of aryl methyl sites for hydroxylation is 1. The summed E-state index contributed by atoms with van der Waals surface area (Å²) in [7, 11) is 0. The summed E-state index contributed by atoms with van der Waals surface area (Å²) in [6.07, 6.45) is 0.792. The summed E-state index contributed by atoms with van der Waals surface area (Å²) in [5.74, 6) is -0.299. The van der Waals surface area contributed by atoms with Crippen molar-refractivity contribution in [2.45, 2.75) is 20.3 Å². The molecule has 1 aromatic carbocycles. The maximum atomic E-state index is 12.1. The highest BCUT2D eigenvalue weighted by Gasteiger charge is 2.12. The van der Waals surface area contributed by atoms with Gasteiger partial charge in [0.05, 0.1) is 0 Å². The Kier molecular flexibility index (Phi) is 4.06. The Morgan fingerprint density at radius 3 is 2.68 bits per heavy atom. The van der Waals surface area contributed by atoms with Crippen LogP contribution in [0.25, 0.3) is 0 Å². The number of thiazole rings is 1. The predicted octanol–water partition coefficient (Wildman–Crippen LogP) is 3.16. The molecule has 2 aromatic rings. The van der Waals surface area contributed by atoms with Gasteiger partial charge < -0.3 is 0 Å². The first-order valence-electron chi connectivity index (χ1n) is 5.97. The van der Waals surface area contributed by atoms with E-state index in [2.05, 4.69) is 10.3 Å². The Morgan fingerprint density at radius 2 is 2.05 bits per heavy atom. The number of carbonyl (C=O) groups excluding carboxylic acids is 2. The van der Waals surface area contributed by atoms with Crippen molar-refractivity contribution in [3.63, 3.8) is 0 Å². The number of aromatic nitrogens is 1. The average molecular weight is 274 g/mol. The van der Waals surface area contributed by atoms with Gasteiger partial charge in [-0.3, -0.25) is 14.9 Å². The summed E-state index contributed by atoms with van der Waals surface area (Å²) in [4.78, 5) is 27.4. The molecule has 0 aliphatic heterocycles. The van der Waals surface area contributed by atoms with Crippen molar-refractivity contribution in [1.82, 2.24) is 4.98 Å². The Balaban J connectivity index is 2.18. The number of hydrogen-bond acceptors (Lipinski definition) is 4. The fraction of sp³-hybridized carbons (Fsp3) is 0.214. The van der Waals surface area contributed by atoms with Crippen LogP contribution < -0.4 is 5.32 Å². The second-order valence-corrected chi connectivity index (χ2v) is 4.92. The van der Waals surface area contributed by atoms with Gasteiger partial charge in [0.15, 0.2) is 10.9 Å². The fourth-order valence-corrected chi connectivity index (χ4v) is 2.45. The molecule has 1 amide bonds. The number of Topliss-reactive ketones (excluding diaryl/α,β-unsaturated/α-hetero) is 1. The predicted molar refractivity (Wildman–Crippen MR) is 75.9 cm³/mol. The minimum atomic E-state index is -0.193. The SMILES string of the molecule is CCc1ccccc1C(=O)Nc1nc(C(C)=O)cs1. The van der Waals surface area contributed by atoms with Gasteiger partial charge in [0.1, 0.15) is 5.69 Å².